The van der Waals surface area contributed by atoms with E-state index >= 15 is 0 Å². The van der Waals surface area contributed by atoms with Crippen molar-refractivity contribution in [1.82, 2.24) is 4.57 Å². The van der Waals surface area contributed by atoms with E-state index in [0.29, 0.717) is 33.0 Å². The molecule has 0 saturated carbocycles. The zero-order valence-corrected chi connectivity index (χ0v) is 13.7. The standard InChI is InChI=1S/C20H12N2O4/c1-11-16-9-13(2-5-18(16)26-20(25)17(11)10-21)22-7-6-12-8-14(23)3-4-15(12)19(22)24/h2-9,23H,1H3. The lowest BCUT2D eigenvalue weighted by atomic mass is 10.1. The Balaban J connectivity index is 2.01. The number of hydrogen-bond donors (Lipinski definition) is 1. The number of aromatic nitrogens is 1. The third kappa shape index (κ3) is 2.26. The third-order valence-corrected chi connectivity index (χ3v) is 4.43. The predicted octanol–water partition coefficient (Wildman–Crippen LogP) is 2.98. The number of nitriles is 1. The maximum absolute atomic E-state index is 12.8. The minimum absolute atomic E-state index is 0.0454. The number of phenols is 1. The number of aryl methyl sites for hydroxylation is 1. The van der Waals surface area contributed by atoms with Crippen LogP contribution in [-0.2, 0) is 0 Å². The van der Waals surface area contributed by atoms with E-state index in [1.54, 1.807) is 43.5 Å². The summed E-state index contributed by atoms with van der Waals surface area (Å²) < 4.78 is 6.64. The molecule has 2 heterocycles. The molecule has 0 aliphatic heterocycles. The molecule has 4 rings (SSSR count). The maximum Gasteiger partial charge on any atom is 0.354 e. The molecule has 126 valence electrons. The molecule has 0 spiro atoms. The summed E-state index contributed by atoms with van der Waals surface area (Å²) >= 11 is 0. The van der Waals surface area contributed by atoms with Gasteiger partial charge in [-0.2, -0.15) is 5.26 Å². The van der Waals surface area contributed by atoms with Gasteiger partial charge in [-0.25, -0.2) is 4.79 Å². The molecule has 0 bridgehead atoms. The summed E-state index contributed by atoms with van der Waals surface area (Å²) in [4.78, 5) is 24.6. The molecule has 0 fully saturated rings. The van der Waals surface area contributed by atoms with Gasteiger partial charge in [0.15, 0.2) is 0 Å². The Morgan fingerprint density at radius 1 is 1.08 bits per heavy atom. The van der Waals surface area contributed by atoms with E-state index in [4.69, 9.17) is 9.68 Å². The molecule has 26 heavy (non-hydrogen) atoms. The first-order valence-electron chi connectivity index (χ1n) is 7.82. The van der Waals surface area contributed by atoms with Crippen LogP contribution in [0.3, 0.4) is 0 Å². The van der Waals surface area contributed by atoms with Gasteiger partial charge >= 0.3 is 5.63 Å². The first-order valence-corrected chi connectivity index (χ1v) is 7.82. The van der Waals surface area contributed by atoms with Crippen molar-refractivity contribution in [2.24, 2.45) is 0 Å². The number of phenolic OH excluding ortho intramolecular Hbond substituents is 1. The van der Waals surface area contributed by atoms with Gasteiger partial charge in [0.1, 0.15) is 23.0 Å². The molecule has 0 radical (unpaired) electrons. The first kappa shape index (κ1) is 15.7. The van der Waals surface area contributed by atoms with Crippen molar-refractivity contribution in [3.8, 4) is 17.5 Å². The Labute approximate surface area is 146 Å². The summed E-state index contributed by atoms with van der Waals surface area (Å²) in [5.74, 6) is 0.0926. The SMILES string of the molecule is Cc1c(C#N)c(=O)oc2ccc(-n3ccc4cc(O)ccc4c3=O)cc12. The average Bonchev–Trinajstić information content (AvgIpc) is 2.62. The smallest absolute Gasteiger partial charge is 0.354 e. The van der Waals surface area contributed by atoms with Crippen molar-refractivity contribution in [3.63, 3.8) is 0 Å². The van der Waals surface area contributed by atoms with Crippen LogP contribution in [0.15, 0.2) is 62.7 Å². The van der Waals surface area contributed by atoms with Crippen LogP contribution in [0.4, 0.5) is 0 Å². The molecule has 6 heteroatoms. The van der Waals surface area contributed by atoms with Gasteiger partial charge in [0.2, 0.25) is 0 Å². The molecule has 1 N–H and O–H groups in total. The topological polar surface area (TPSA) is 96.2 Å². The zero-order valence-electron chi connectivity index (χ0n) is 13.7. The second kappa shape index (κ2) is 5.60. The average molecular weight is 344 g/mol. The number of rotatable bonds is 1. The molecule has 0 unspecified atom stereocenters. The van der Waals surface area contributed by atoms with Gasteiger partial charge in [-0.3, -0.25) is 9.36 Å². The van der Waals surface area contributed by atoms with Crippen molar-refractivity contribution in [2.75, 3.05) is 0 Å². The molecule has 0 aliphatic carbocycles. The fraction of sp³-hybridized carbons (Fsp3) is 0.0500. The fourth-order valence-corrected chi connectivity index (χ4v) is 3.06. The summed E-state index contributed by atoms with van der Waals surface area (Å²) in [5.41, 5.74) is 0.494. The molecule has 0 amide bonds. The highest BCUT2D eigenvalue weighted by Crippen LogP contribution is 2.23. The quantitative estimate of drug-likeness (QED) is 0.536. The minimum Gasteiger partial charge on any atom is -0.508 e. The maximum atomic E-state index is 12.8. The lowest BCUT2D eigenvalue weighted by Gasteiger charge is -2.10. The van der Waals surface area contributed by atoms with E-state index in [1.165, 1.54) is 16.7 Å². The highest BCUT2D eigenvalue weighted by Gasteiger charge is 2.12. The zero-order chi connectivity index (χ0) is 18.4. The van der Waals surface area contributed by atoms with Crippen LogP contribution >= 0.6 is 0 Å². The van der Waals surface area contributed by atoms with Crippen LogP contribution in [0.5, 0.6) is 5.75 Å². The van der Waals surface area contributed by atoms with Crippen LogP contribution in [0.25, 0.3) is 27.4 Å². The molecule has 2 aromatic heterocycles. The number of fused-ring (bicyclic) bond motifs is 2. The molecular formula is C20H12N2O4. The molecule has 0 saturated heterocycles. The van der Waals surface area contributed by atoms with E-state index in [0.717, 1.165) is 0 Å². The van der Waals surface area contributed by atoms with E-state index in [1.807, 2.05) is 6.07 Å². The first-order chi connectivity index (χ1) is 12.5. The summed E-state index contributed by atoms with van der Waals surface area (Å²) in [6.45, 7) is 1.67. The number of pyridine rings is 1. The molecule has 0 atom stereocenters. The second-order valence-electron chi connectivity index (χ2n) is 5.94. The summed E-state index contributed by atoms with van der Waals surface area (Å²) in [5, 5.41) is 20.4. The molecule has 2 aromatic carbocycles. The van der Waals surface area contributed by atoms with Gasteiger partial charge in [0, 0.05) is 22.7 Å². The highest BCUT2D eigenvalue weighted by atomic mass is 16.4. The van der Waals surface area contributed by atoms with Gasteiger partial charge in [0.05, 0.1) is 0 Å². The van der Waals surface area contributed by atoms with Crippen LogP contribution in [0.2, 0.25) is 0 Å². The van der Waals surface area contributed by atoms with Crippen molar-refractivity contribution in [1.29, 1.82) is 5.26 Å². The Morgan fingerprint density at radius 3 is 2.65 bits per heavy atom. The van der Waals surface area contributed by atoms with Gasteiger partial charge in [-0.15, -0.1) is 0 Å². The lowest BCUT2D eigenvalue weighted by Crippen LogP contribution is -2.17. The fourth-order valence-electron chi connectivity index (χ4n) is 3.06. The van der Waals surface area contributed by atoms with Crippen molar-refractivity contribution < 1.29 is 9.52 Å². The Morgan fingerprint density at radius 2 is 1.88 bits per heavy atom. The highest BCUT2D eigenvalue weighted by molar-refractivity contribution is 5.85. The number of nitrogens with zero attached hydrogens (tertiary/aromatic N) is 2. The van der Waals surface area contributed by atoms with Crippen LogP contribution in [0, 0.1) is 18.3 Å². The van der Waals surface area contributed by atoms with E-state index in [2.05, 4.69) is 0 Å². The summed E-state index contributed by atoms with van der Waals surface area (Å²) in [6.07, 6.45) is 1.62. The number of aromatic hydroxyl groups is 1. The largest absolute Gasteiger partial charge is 0.508 e. The van der Waals surface area contributed by atoms with Crippen molar-refractivity contribution in [2.45, 2.75) is 6.92 Å². The predicted molar refractivity (Wildman–Crippen MR) is 96.7 cm³/mol. The third-order valence-electron chi connectivity index (χ3n) is 4.43. The summed E-state index contributed by atoms with van der Waals surface area (Å²) in [6, 6.07) is 13.1. The van der Waals surface area contributed by atoms with Crippen LogP contribution in [-0.4, -0.2) is 9.67 Å². The minimum atomic E-state index is -0.673. The Kier molecular flexibility index (Phi) is 3.38. The van der Waals surface area contributed by atoms with Gasteiger partial charge in [-0.1, -0.05) is 0 Å². The van der Waals surface area contributed by atoms with Crippen LogP contribution in [0.1, 0.15) is 11.1 Å². The van der Waals surface area contributed by atoms with E-state index in [-0.39, 0.29) is 16.9 Å². The molecular weight excluding hydrogens is 332 g/mol. The lowest BCUT2D eigenvalue weighted by molar-refractivity contribution is 0.476. The summed E-state index contributed by atoms with van der Waals surface area (Å²) in [7, 11) is 0. The molecule has 6 nitrogen and oxygen atoms in total. The number of benzene rings is 2. The normalized spacial score (nSPS) is 10.9. The second-order valence-corrected chi connectivity index (χ2v) is 5.94. The Hall–Kier alpha value is -3.85. The van der Waals surface area contributed by atoms with E-state index < -0.39 is 5.63 Å². The number of hydrogen-bond acceptors (Lipinski definition) is 5. The van der Waals surface area contributed by atoms with Crippen LogP contribution < -0.4 is 11.2 Å². The molecule has 0 aliphatic rings. The van der Waals surface area contributed by atoms with Gasteiger partial charge < -0.3 is 9.52 Å². The van der Waals surface area contributed by atoms with E-state index in [9.17, 15) is 14.7 Å². The van der Waals surface area contributed by atoms with Crippen molar-refractivity contribution in [3.05, 3.63) is 80.6 Å². The van der Waals surface area contributed by atoms with Gasteiger partial charge in [-0.05, 0) is 60.3 Å². The van der Waals surface area contributed by atoms with Gasteiger partial charge in [0.25, 0.3) is 5.56 Å². The Bertz CT molecular complexity index is 1360. The monoisotopic (exact) mass is 344 g/mol. The molecule has 4 aromatic rings. The van der Waals surface area contributed by atoms with Crippen molar-refractivity contribution >= 4 is 21.7 Å².